The van der Waals surface area contributed by atoms with Crippen LogP contribution in [0.15, 0.2) is 12.5 Å². The van der Waals surface area contributed by atoms with Crippen molar-refractivity contribution in [1.29, 1.82) is 0 Å². The molecular weight excluding hydrogens is 206 g/mol. The second-order valence-corrected chi connectivity index (χ2v) is 3.81. The Morgan fingerprint density at radius 1 is 1.38 bits per heavy atom. The Labute approximate surface area is 93.3 Å². The first kappa shape index (κ1) is 10.7. The summed E-state index contributed by atoms with van der Waals surface area (Å²) in [6.45, 7) is 5.33. The second kappa shape index (κ2) is 4.40. The van der Waals surface area contributed by atoms with Gasteiger partial charge in [0.2, 0.25) is 0 Å². The van der Waals surface area contributed by atoms with Gasteiger partial charge in [0, 0.05) is 12.6 Å². The van der Waals surface area contributed by atoms with Gasteiger partial charge in [0.1, 0.15) is 6.33 Å². The van der Waals surface area contributed by atoms with Gasteiger partial charge in [0.25, 0.3) is 0 Å². The number of nitrogens with zero attached hydrogens (tertiary/aromatic N) is 6. The fourth-order valence-corrected chi connectivity index (χ4v) is 1.45. The van der Waals surface area contributed by atoms with E-state index in [1.165, 1.54) is 0 Å². The summed E-state index contributed by atoms with van der Waals surface area (Å²) in [5, 5.41) is 16.0. The summed E-state index contributed by atoms with van der Waals surface area (Å²) >= 11 is 0. The van der Waals surface area contributed by atoms with Gasteiger partial charge in [-0.05, 0) is 13.8 Å². The molecule has 86 valence electrons. The molecule has 0 saturated carbocycles. The maximum Gasteiger partial charge on any atom is 0.186 e. The van der Waals surface area contributed by atoms with E-state index in [1.54, 1.807) is 11.0 Å². The molecule has 16 heavy (non-hydrogen) atoms. The molecule has 0 spiro atoms. The summed E-state index contributed by atoms with van der Waals surface area (Å²) in [5.41, 5.74) is 6.17. The van der Waals surface area contributed by atoms with Crippen molar-refractivity contribution in [3.63, 3.8) is 0 Å². The van der Waals surface area contributed by atoms with Crippen molar-refractivity contribution >= 4 is 0 Å². The van der Waals surface area contributed by atoms with E-state index in [2.05, 4.69) is 34.4 Å². The molecule has 0 bridgehead atoms. The lowest BCUT2D eigenvalue weighted by Gasteiger charge is -2.07. The minimum absolute atomic E-state index is 0.296. The summed E-state index contributed by atoms with van der Waals surface area (Å²) in [6.07, 6.45) is 3.53. The quantitative estimate of drug-likeness (QED) is 0.789. The first-order valence-electron chi connectivity index (χ1n) is 5.22. The highest BCUT2D eigenvalue weighted by Gasteiger charge is 2.12. The van der Waals surface area contributed by atoms with Crippen molar-refractivity contribution in [1.82, 2.24) is 29.8 Å². The van der Waals surface area contributed by atoms with Crippen molar-refractivity contribution in [3.05, 3.63) is 12.5 Å². The Balaban J connectivity index is 2.31. The zero-order valence-corrected chi connectivity index (χ0v) is 9.41. The van der Waals surface area contributed by atoms with E-state index in [0.717, 1.165) is 11.5 Å². The lowest BCUT2D eigenvalue weighted by atomic mass is 10.3. The molecule has 2 aromatic heterocycles. The van der Waals surface area contributed by atoms with Crippen LogP contribution < -0.4 is 5.73 Å². The van der Waals surface area contributed by atoms with E-state index in [9.17, 15) is 0 Å². The zero-order chi connectivity index (χ0) is 11.5. The van der Waals surface area contributed by atoms with Crippen LogP contribution in [0, 0.1) is 0 Å². The van der Waals surface area contributed by atoms with E-state index in [-0.39, 0.29) is 0 Å². The molecule has 0 aliphatic rings. The van der Waals surface area contributed by atoms with Crippen molar-refractivity contribution in [3.8, 4) is 11.5 Å². The van der Waals surface area contributed by atoms with Gasteiger partial charge in [-0.15, -0.1) is 15.3 Å². The number of nitrogens with two attached hydrogens (primary N) is 1. The zero-order valence-electron chi connectivity index (χ0n) is 9.41. The third-order valence-electron chi connectivity index (χ3n) is 2.26. The van der Waals surface area contributed by atoms with Crippen LogP contribution in [-0.2, 0) is 6.54 Å². The van der Waals surface area contributed by atoms with Gasteiger partial charge in [-0.1, -0.05) is 5.21 Å². The first-order chi connectivity index (χ1) is 7.72. The summed E-state index contributed by atoms with van der Waals surface area (Å²) in [4.78, 5) is 0. The van der Waals surface area contributed by atoms with Crippen molar-refractivity contribution < 1.29 is 0 Å². The van der Waals surface area contributed by atoms with Crippen molar-refractivity contribution in [2.75, 3.05) is 6.54 Å². The molecule has 0 unspecified atom stereocenters. The summed E-state index contributed by atoms with van der Waals surface area (Å²) in [7, 11) is 0. The van der Waals surface area contributed by atoms with Crippen LogP contribution in [0.3, 0.4) is 0 Å². The van der Waals surface area contributed by atoms with Gasteiger partial charge in [-0.2, -0.15) is 0 Å². The third kappa shape index (κ3) is 1.94. The summed E-state index contributed by atoms with van der Waals surface area (Å²) in [5.74, 6) is 0.735. The molecule has 2 aromatic rings. The minimum atomic E-state index is 0.296. The lowest BCUT2D eigenvalue weighted by molar-refractivity contribution is 0.597. The Hall–Kier alpha value is -1.76. The molecule has 7 heteroatoms. The summed E-state index contributed by atoms with van der Waals surface area (Å²) < 4.78 is 3.66. The first-order valence-corrected chi connectivity index (χ1v) is 5.22. The molecule has 0 radical (unpaired) electrons. The summed E-state index contributed by atoms with van der Waals surface area (Å²) in [6, 6.07) is 0.296. The van der Waals surface area contributed by atoms with E-state index >= 15 is 0 Å². The van der Waals surface area contributed by atoms with E-state index < -0.39 is 0 Å². The molecule has 0 aromatic carbocycles. The number of rotatable bonds is 4. The molecule has 0 saturated heterocycles. The van der Waals surface area contributed by atoms with Crippen LogP contribution in [0.4, 0.5) is 0 Å². The van der Waals surface area contributed by atoms with Crippen LogP contribution in [0.25, 0.3) is 11.5 Å². The lowest BCUT2D eigenvalue weighted by Crippen LogP contribution is -2.10. The van der Waals surface area contributed by atoms with Gasteiger partial charge in [-0.25, -0.2) is 0 Å². The van der Waals surface area contributed by atoms with E-state index in [4.69, 9.17) is 5.73 Å². The number of hydrogen-bond acceptors (Lipinski definition) is 5. The molecule has 7 nitrogen and oxygen atoms in total. The molecule has 2 heterocycles. The van der Waals surface area contributed by atoms with Gasteiger partial charge in [-0.3, -0.25) is 4.68 Å². The highest BCUT2D eigenvalue weighted by molar-refractivity contribution is 5.46. The Kier molecular flexibility index (Phi) is 2.95. The van der Waals surface area contributed by atoms with Crippen LogP contribution in [0.2, 0.25) is 0 Å². The van der Waals surface area contributed by atoms with Gasteiger partial charge in [0.05, 0.1) is 12.7 Å². The van der Waals surface area contributed by atoms with Crippen molar-refractivity contribution in [2.24, 2.45) is 5.73 Å². The fraction of sp³-hybridized carbons (Fsp3) is 0.556. The molecular formula is C9H15N7. The molecule has 0 fully saturated rings. The molecule has 2 rings (SSSR count). The van der Waals surface area contributed by atoms with E-state index in [1.807, 2.05) is 10.8 Å². The topological polar surface area (TPSA) is 87.4 Å². The predicted octanol–water partition coefficient (Wildman–Crippen LogP) is 0.0762. The third-order valence-corrected chi connectivity index (χ3v) is 2.26. The average Bonchev–Trinajstić information content (AvgIpc) is 2.83. The van der Waals surface area contributed by atoms with Gasteiger partial charge in [0.15, 0.2) is 11.5 Å². The maximum atomic E-state index is 5.44. The Morgan fingerprint density at radius 3 is 2.88 bits per heavy atom. The highest BCUT2D eigenvalue weighted by atomic mass is 15.4. The minimum Gasteiger partial charge on any atom is -0.329 e. The Bertz CT molecular complexity index is 456. The number of aromatic nitrogens is 6. The molecule has 0 aliphatic carbocycles. The Morgan fingerprint density at radius 2 is 2.19 bits per heavy atom. The molecule has 2 N–H and O–H groups in total. The van der Waals surface area contributed by atoms with Gasteiger partial charge >= 0.3 is 0 Å². The molecule has 0 atom stereocenters. The van der Waals surface area contributed by atoms with Crippen LogP contribution in [0.1, 0.15) is 19.9 Å². The van der Waals surface area contributed by atoms with Crippen molar-refractivity contribution in [2.45, 2.75) is 26.4 Å². The predicted molar refractivity (Wildman–Crippen MR) is 58.5 cm³/mol. The largest absolute Gasteiger partial charge is 0.329 e. The molecule has 0 aliphatic heterocycles. The van der Waals surface area contributed by atoms with Crippen LogP contribution in [0.5, 0.6) is 0 Å². The van der Waals surface area contributed by atoms with Gasteiger partial charge < -0.3 is 10.3 Å². The monoisotopic (exact) mass is 221 g/mol. The SMILES string of the molecule is CC(C)n1cnnc1-c1cn(CCN)nn1. The van der Waals surface area contributed by atoms with Crippen LogP contribution in [-0.4, -0.2) is 36.3 Å². The normalized spacial score (nSPS) is 11.2. The number of hydrogen-bond donors (Lipinski definition) is 1. The smallest absolute Gasteiger partial charge is 0.186 e. The van der Waals surface area contributed by atoms with E-state index in [0.29, 0.717) is 19.1 Å². The second-order valence-electron chi connectivity index (χ2n) is 3.81. The molecule has 0 amide bonds. The maximum absolute atomic E-state index is 5.44. The van der Waals surface area contributed by atoms with Crippen LogP contribution >= 0.6 is 0 Å². The standard InChI is InChI=1S/C9H15N7/c1-7(2)16-6-11-13-9(16)8-5-15(4-3-10)14-12-8/h5-7H,3-4,10H2,1-2H3. The fourth-order valence-electron chi connectivity index (χ4n) is 1.45. The highest BCUT2D eigenvalue weighted by Crippen LogP contribution is 2.16. The average molecular weight is 221 g/mol.